The molecule has 5 fully saturated rings. The number of ketones is 1. The molecule has 234 valence electrons. The van der Waals surface area contributed by atoms with Gasteiger partial charge in [-0.1, -0.05) is 25.3 Å². The summed E-state index contributed by atoms with van der Waals surface area (Å²) in [5.74, 6) is -4.62. The van der Waals surface area contributed by atoms with Crippen LogP contribution in [0.2, 0.25) is 0 Å². The summed E-state index contributed by atoms with van der Waals surface area (Å²) in [5.41, 5.74) is -2.54. The van der Waals surface area contributed by atoms with Crippen LogP contribution >= 0.6 is 0 Å². The lowest BCUT2D eigenvalue weighted by molar-refractivity contribution is -0.269. The van der Waals surface area contributed by atoms with Crippen molar-refractivity contribution in [1.82, 2.24) is 0 Å². The van der Waals surface area contributed by atoms with Gasteiger partial charge in [0.2, 0.25) is 6.10 Å². The van der Waals surface area contributed by atoms with Crippen LogP contribution in [0.4, 0.5) is 0 Å². The maximum absolute atomic E-state index is 13.7. The maximum Gasteiger partial charge on any atom is 0.348 e. The van der Waals surface area contributed by atoms with Crippen molar-refractivity contribution in [1.29, 1.82) is 0 Å². The Labute approximate surface area is 250 Å². The Morgan fingerprint density at radius 2 is 1.86 bits per heavy atom. The molecule has 2 bridgehead atoms. The van der Waals surface area contributed by atoms with E-state index in [1.807, 2.05) is 6.92 Å². The standard InChI is InChI=1S/C32H40O11/c1-15(2)10-23(36)43-25-27-31-14-40-32(27,29(38)39-5)13-20(34)26(31)30(4)12-19(33)24(42-22(35)9-8-17-6-7-17)16(3)18(30)11-21(31)41-28(25)37/h10,17-18,20-21,25-27,34H,6-9,11-14H2,1-5H3/t18?,20-,21+,25+,26?,27+,30-,31+,32+/m0/s1. The normalized spacial score (nSPS) is 41.0. The minimum atomic E-state index is -1.76. The van der Waals surface area contributed by atoms with Crippen LogP contribution in [0.15, 0.2) is 23.0 Å². The monoisotopic (exact) mass is 600 g/mol. The van der Waals surface area contributed by atoms with Crippen molar-refractivity contribution in [2.45, 2.75) is 96.6 Å². The van der Waals surface area contributed by atoms with Gasteiger partial charge in [-0.2, -0.15) is 0 Å². The molecule has 6 aliphatic rings. The Balaban J connectivity index is 1.42. The summed E-state index contributed by atoms with van der Waals surface area (Å²) in [7, 11) is 1.20. The molecule has 0 aromatic rings. The highest BCUT2D eigenvalue weighted by atomic mass is 16.6. The van der Waals surface area contributed by atoms with Crippen LogP contribution < -0.4 is 0 Å². The molecular formula is C32H40O11. The number of methoxy groups -OCH3 is 1. The summed E-state index contributed by atoms with van der Waals surface area (Å²) in [6, 6.07) is 0. The predicted molar refractivity (Wildman–Crippen MR) is 147 cm³/mol. The van der Waals surface area contributed by atoms with Gasteiger partial charge in [-0.05, 0) is 56.4 Å². The molecular weight excluding hydrogens is 560 g/mol. The third kappa shape index (κ3) is 4.40. The molecule has 11 heteroatoms. The lowest BCUT2D eigenvalue weighted by Gasteiger charge is -2.66. The number of carbonyl (C=O) groups is 5. The molecule has 6 rings (SSSR count). The van der Waals surface area contributed by atoms with Gasteiger partial charge in [0.25, 0.3) is 0 Å². The van der Waals surface area contributed by atoms with Gasteiger partial charge in [0.05, 0.1) is 25.7 Å². The molecule has 3 saturated carbocycles. The molecule has 2 saturated heterocycles. The van der Waals surface area contributed by atoms with Crippen LogP contribution in [0.25, 0.3) is 0 Å². The van der Waals surface area contributed by atoms with Gasteiger partial charge in [-0.15, -0.1) is 0 Å². The topological polar surface area (TPSA) is 152 Å². The quantitative estimate of drug-likeness (QED) is 0.261. The van der Waals surface area contributed by atoms with E-state index >= 15 is 0 Å². The first-order valence-corrected chi connectivity index (χ1v) is 15.2. The molecule has 1 spiro atoms. The number of allylic oxidation sites excluding steroid dienone is 3. The first-order valence-electron chi connectivity index (χ1n) is 15.2. The summed E-state index contributed by atoms with van der Waals surface area (Å²) in [5, 5.41) is 11.9. The van der Waals surface area contributed by atoms with Gasteiger partial charge >= 0.3 is 23.9 Å². The Hall–Kier alpha value is -3.05. The van der Waals surface area contributed by atoms with Crippen molar-refractivity contribution >= 4 is 29.7 Å². The number of ether oxygens (including phenoxy) is 5. The Bertz CT molecular complexity index is 1340. The van der Waals surface area contributed by atoms with Crippen molar-refractivity contribution in [3.05, 3.63) is 23.0 Å². The summed E-state index contributed by atoms with van der Waals surface area (Å²) < 4.78 is 28.8. The van der Waals surface area contributed by atoms with Crippen LogP contribution in [-0.2, 0) is 47.7 Å². The average molecular weight is 601 g/mol. The molecule has 1 N–H and O–H groups in total. The van der Waals surface area contributed by atoms with Crippen LogP contribution in [0.5, 0.6) is 0 Å². The van der Waals surface area contributed by atoms with Gasteiger partial charge in [-0.3, -0.25) is 9.59 Å². The second-order valence-electron chi connectivity index (χ2n) is 13.9. The summed E-state index contributed by atoms with van der Waals surface area (Å²) >= 11 is 0. The van der Waals surface area contributed by atoms with Gasteiger partial charge in [0.15, 0.2) is 17.1 Å². The van der Waals surface area contributed by atoms with Gasteiger partial charge < -0.3 is 28.8 Å². The molecule has 0 aromatic heterocycles. The molecule has 11 nitrogen and oxygen atoms in total. The predicted octanol–water partition coefficient (Wildman–Crippen LogP) is 2.72. The van der Waals surface area contributed by atoms with E-state index in [0.717, 1.165) is 19.3 Å². The molecule has 4 aliphatic carbocycles. The van der Waals surface area contributed by atoms with Crippen LogP contribution in [-0.4, -0.2) is 72.4 Å². The number of hydrogen-bond donors (Lipinski definition) is 1. The van der Waals surface area contributed by atoms with E-state index in [-0.39, 0.29) is 49.8 Å². The highest BCUT2D eigenvalue weighted by molar-refractivity contribution is 5.98. The molecule has 0 aromatic carbocycles. The third-order valence-corrected chi connectivity index (χ3v) is 11.0. The van der Waals surface area contributed by atoms with Crippen molar-refractivity contribution in [2.75, 3.05) is 13.7 Å². The van der Waals surface area contributed by atoms with Crippen LogP contribution in [0.3, 0.4) is 0 Å². The number of aliphatic hydroxyl groups excluding tert-OH is 1. The van der Waals surface area contributed by atoms with E-state index in [9.17, 15) is 29.1 Å². The molecule has 2 unspecified atom stereocenters. The van der Waals surface area contributed by atoms with Gasteiger partial charge in [-0.25, -0.2) is 14.4 Å². The fourth-order valence-corrected chi connectivity index (χ4v) is 9.31. The lowest BCUT2D eigenvalue weighted by atomic mass is 9.38. The number of Topliss-reactive ketones (excluding diaryl/α,β-unsaturated/α-hetero) is 1. The van der Waals surface area contributed by atoms with Crippen LogP contribution in [0, 0.1) is 34.5 Å². The fraction of sp³-hybridized carbons (Fsp3) is 0.719. The summed E-state index contributed by atoms with van der Waals surface area (Å²) in [6.07, 6.45) is 0.994. The highest BCUT2D eigenvalue weighted by Crippen LogP contribution is 2.72. The Morgan fingerprint density at radius 1 is 1.14 bits per heavy atom. The van der Waals surface area contributed by atoms with Gasteiger partial charge in [0, 0.05) is 36.7 Å². The second-order valence-corrected chi connectivity index (χ2v) is 13.9. The zero-order valence-corrected chi connectivity index (χ0v) is 25.3. The lowest BCUT2D eigenvalue weighted by Crippen LogP contribution is -2.75. The zero-order valence-electron chi connectivity index (χ0n) is 25.3. The first-order chi connectivity index (χ1) is 20.3. The number of carbonyl (C=O) groups excluding carboxylic acids is 5. The van der Waals surface area contributed by atoms with E-state index in [1.165, 1.54) is 13.2 Å². The molecule has 9 atom stereocenters. The first kappa shape index (κ1) is 30.0. The maximum atomic E-state index is 13.7. The second kappa shape index (κ2) is 10.3. The zero-order chi connectivity index (χ0) is 31.1. The molecule has 2 heterocycles. The van der Waals surface area contributed by atoms with E-state index in [0.29, 0.717) is 17.1 Å². The van der Waals surface area contributed by atoms with Crippen molar-refractivity contribution in [3.8, 4) is 0 Å². The molecule has 2 aliphatic heterocycles. The Morgan fingerprint density at radius 3 is 2.51 bits per heavy atom. The van der Waals surface area contributed by atoms with Gasteiger partial charge in [0.1, 0.15) is 6.10 Å². The van der Waals surface area contributed by atoms with Crippen molar-refractivity contribution in [2.24, 2.45) is 34.5 Å². The fourth-order valence-electron chi connectivity index (χ4n) is 9.31. The van der Waals surface area contributed by atoms with Crippen molar-refractivity contribution in [3.63, 3.8) is 0 Å². The van der Waals surface area contributed by atoms with E-state index in [1.54, 1.807) is 20.8 Å². The smallest absolute Gasteiger partial charge is 0.348 e. The number of fused-ring (bicyclic) bond motifs is 2. The summed E-state index contributed by atoms with van der Waals surface area (Å²) in [4.78, 5) is 66.2. The Kier molecular flexibility index (Phi) is 7.16. The van der Waals surface area contributed by atoms with Crippen molar-refractivity contribution < 1.29 is 52.8 Å². The average Bonchev–Trinajstić information content (AvgIpc) is 3.72. The van der Waals surface area contributed by atoms with E-state index in [4.69, 9.17) is 23.7 Å². The largest absolute Gasteiger partial charge is 0.467 e. The highest BCUT2D eigenvalue weighted by Gasteiger charge is 2.82. The van der Waals surface area contributed by atoms with Crippen LogP contribution in [0.1, 0.15) is 72.6 Å². The number of aliphatic hydroxyl groups is 1. The minimum absolute atomic E-state index is 0.0233. The third-order valence-electron chi connectivity index (χ3n) is 11.0. The van der Waals surface area contributed by atoms with E-state index in [2.05, 4.69) is 0 Å². The minimum Gasteiger partial charge on any atom is -0.467 e. The molecule has 43 heavy (non-hydrogen) atoms. The molecule has 0 amide bonds. The SMILES string of the molecule is COC(=O)[C@@]12C[C@H](O)C3[C@@]4(C)CC(=O)C(OC(=O)CCC5CC5)=C(C)C4C[C@H]4OC(=O)[C@H](OC(=O)C=C(C)C)[C@@H]1[C@@]34CO2. The molecule has 0 radical (unpaired) electrons. The van der Waals surface area contributed by atoms with E-state index < -0.39 is 70.5 Å². The number of rotatable bonds is 7. The number of esters is 4. The summed E-state index contributed by atoms with van der Waals surface area (Å²) in [6.45, 7) is 7.03. The number of hydrogen-bond acceptors (Lipinski definition) is 11.